The third kappa shape index (κ3) is 13.5. The van der Waals surface area contributed by atoms with E-state index >= 15 is 0 Å². The fourth-order valence-corrected chi connectivity index (χ4v) is 0.502. The summed E-state index contributed by atoms with van der Waals surface area (Å²) in [5.41, 5.74) is 0. The van der Waals surface area contributed by atoms with E-state index in [0.717, 1.165) is 12.8 Å². The molecule has 0 atom stereocenters. The van der Waals surface area contributed by atoms with E-state index < -0.39 is 0 Å². The molecule has 0 fully saturated rings. The third-order valence-electron chi connectivity index (χ3n) is 0.936. The zero-order chi connectivity index (χ0) is 7.11. The molecule has 0 amide bonds. The first-order chi connectivity index (χ1) is 4.31. The number of esters is 1. The van der Waals surface area contributed by atoms with Crippen LogP contribution in [0.15, 0.2) is 0 Å². The quantitative estimate of drug-likeness (QED) is 0.463. The van der Waals surface area contributed by atoms with Crippen LogP contribution in [0.1, 0.15) is 26.2 Å². The first-order valence-corrected chi connectivity index (χ1v) is 3.26. The van der Waals surface area contributed by atoms with Gasteiger partial charge in [-0.05, 0) is 13.3 Å². The van der Waals surface area contributed by atoms with Gasteiger partial charge in [0.2, 0.25) is 0 Å². The fourth-order valence-electron chi connectivity index (χ4n) is 0.502. The predicted octanol–water partition coefficient (Wildman–Crippen LogP) is -1.44. The number of ether oxygens (including phenoxy) is 1. The standard InChI is InChI=1S/C7H13O2.BrH.Zn/c1-3-5-6-7(8)9-4-2;;/h1,3-6H2,2H3;1H;/p-1. The first kappa shape index (κ1) is 17.6. The molecule has 63 valence electrons. The molecule has 0 aromatic rings. The van der Waals surface area contributed by atoms with Crippen molar-refractivity contribution in [3.63, 3.8) is 0 Å². The summed E-state index contributed by atoms with van der Waals surface area (Å²) in [5.74, 6) is -0.110. The fraction of sp³-hybridized carbons (Fsp3) is 0.714. The molecule has 0 bridgehead atoms. The molecule has 1 radical (unpaired) electrons. The van der Waals surface area contributed by atoms with E-state index in [9.17, 15) is 4.79 Å². The molecule has 0 aliphatic rings. The number of unbranched alkanes of at least 4 members (excludes halogenated alkanes) is 1. The summed E-state index contributed by atoms with van der Waals surface area (Å²) < 4.78 is 4.68. The summed E-state index contributed by atoms with van der Waals surface area (Å²) >= 11 is 0. The molecular formula is C7H13BrO2Zn-. The van der Waals surface area contributed by atoms with Crippen molar-refractivity contribution in [3.8, 4) is 0 Å². The van der Waals surface area contributed by atoms with Gasteiger partial charge in [-0.15, -0.1) is 0 Å². The van der Waals surface area contributed by atoms with Gasteiger partial charge in [0.25, 0.3) is 0 Å². The van der Waals surface area contributed by atoms with Crippen LogP contribution in [0.3, 0.4) is 0 Å². The Bertz CT molecular complexity index is 88.5. The van der Waals surface area contributed by atoms with E-state index in [-0.39, 0.29) is 42.4 Å². The van der Waals surface area contributed by atoms with Crippen molar-refractivity contribution >= 4 is 5.97 Å². The Morgan fingerprint density at radius 1 is 1.55 bits per heavy atom. The van der Waals surface area contributed by atoms with Gasteiger partial charge in [0, 0.05) is 25.9 Å². The zero-order valence-electron chi connectivity index (χ0n) is 6.94. The maximum Gasteiger partial charge on any atom is 0.305 e. The number of carbonyl (C=O) groups excluding carboxylic acids is 1. The summed E-state index contributed by atoms with van der Waals surface area (Å²) in [6.07, 6.45) is 2.15. The van der Waals surface area contributed by atoms with Crippen LogP contribution in [0.2, 0.25) is 0 Å². The number of carbonyl (C=O) groups is 1. The minimum absolute atomic E-state index is 0. The van der Waals surface area contributed by atoms with Crippen molar-refractivity contribution in [2.75, 3.05) is 6.61 Å². The summed E-state index contributed by atoms with van der Waals surface area (Å²) in [4.78, 5) is 10.6. The SMILES string of the molecule is [Br-].[CH2]CCCC(=O)OCC.[Zn]. The van der Waals surface area contributed by atoms with Gasteiger partial charge in [0.05, 0.1) is 6.61 Å². The predicted molar refractivity (Wildman–Crippen MR) is 35.8 cm³/mol. The van der Waals surface area contributed by atoms with Crippen molar-refractivity contribution in [2.24, 2.45) is 0 Å². The number of hydrogen-bond donors (Lipinski definition) is 0. The monoisotopic (exact) mass is 272 g/mol. The Kier molecular flexibility index (Phi) is 21.1. The van der Waals surface area contributed by atoms with E-state index in [1.54, 1.807) is 0 Å². The Morgan fingerprint density at radius 2 is 2.09 bits per heavy atom. The second-order valence-electron chi connectivity index (χ2n) is 1.76. The van der Waals surface area contributed by atoms with E-state index in [0.29, 0.717) is 13.0 Å². The Balaban J connectivity index is -0.000000320. The van der Waals surface area contributed by atoms with Crippen molar-refractivity contribution in [2.45, 2.75) is 26.2 Å². The number of rotatable bonds is 4. The molecule has 0 saturated heterocycles. The molecule has 0 rings (SSSR count). The van der Waals surface area contributed by atoms with E-state index in [2.05, 4.69) is 11.7 Å². The Labute approximate surface area is 91.6 Å². The van der Waals surface area contributed by atoms with Crippen LogP contribution in [-0.4, -0.2) is 12.6 Å². The normalized spacial score (nSPS) is 7.45. The minimum Gasteiger partial charge on any atom is -1.00 e. The maximum absolute atomic E-state index is 10.6. The average Bonchev–Trinajstić information content (AvgIpc) is 1.85. The van der Waals surface area contributed by atoms with Crippen LogP contribution >= 0.6 is 0 Å². The third-order valence-corrected chi connectivity index (χ3v) is 0.936. The maximum atomic E-state index is 10.6. The van der Waals surface area contributed by atoms with Crippen molar-refractivity contribution < 1.29 is 46.0 Å². The molecule has 0 aromatic heterocycles. The van der Waals surface area contributed by atoms with Gasteiger partial charge in [-0.25, -0.2) is 0 Å². The molecule has 0 heterocycles. The number of hydrogen-bond acceptors (Lipinski definition) is 2. The second kappa shape index (κ2) is 13.2. The van der Waals surface area contributed by atoms with Gasteiger partial charge in [0.1, 0.15) is 0 Å². The van der Waals surface area contributed by atoms with Crippen molar-refractivity contribution in [1.29, 1.82) is 0 Å². The van der Waals surface area contributed by atoms with Gasteiger partial charge < -0.3 is 21.7 Å². The average molecular weight is 274 g/mol. The van der Waals surface area contributed by atoms with Gasteiger partial charge in [-0.3, -0.25) is 4.79 Å². The smallest absolute Gasteiger partial charge is 0.305 e. The van der Waals surface area contributed by atoms with Crippen LogP contribution in [-0.2, 0) is 29.0 Å². The minimum atomic E-state index is -0.110. The topological polar surface area (TPSA) is 26.3 Å². The Morgan fingerprint density at radius 3 is 2.45 bits per heavy atom. The molecular weight excluding hydrogens is 261 g/mol. The largest absolute Gasteiger partial charge is 1.00 e. The van der Waals surface area contributed by atoms with Gasteiger partial charge in [0.15, 0.2) is 0 Å². The van der Waals surface area contributed by atoms with Crippen LogP contribution in [0.25, 0.3) is 0 Å². The van der Waals surface area contributed by atoms with E-state index in [4.69, 9.17) is 0 Å². The summed E-state index contributed by atoms with van der Waals surface area (Å²) in [6, 6.07) is 0. The molecule has 0 aliphatic heterocycles. The molecule has 0 N–H and O–H groups in total. The van der Waals surface area contributed by atoms with E-state index in [1.807, 2.05) is 6.92 Å². The van der Waals surface area contributed by atoms with Gasteiger partial charge in [-0.2, -0.15) is 0 Å². The van der Waals surface area contributed by atoms with Crippen molar-refractivity contribution in [3.05, 3.63) is 6.92 Å². The van der Waals surface area contributed by atoms with Gasteiger partial charge >= 0.3 is 5.97 Å². The van der Waals surface area contributed by atoms with Crippen LogP contribution < -0.4 is 17.0 Å². The summed E-state index contributed by atoms with van der Waals surface area (Å²) in [5, 5.41) is 0. The van der Waals surface area contributed by atoms with Crippen molar-refractivity contribution in [1.82, 2.24) is 0 Å². The Hall–Kier alpha value is 0.573. The molecule has 0 aliphatic carbocycles. The van der Waals surface area contributed by atoms with E-state index in [1.165, 1.54) is 0 Å². The number of halogens is 1. The molecule has 2 nitrogen and oxygen atoms in total. The van der Waals surface area contributed by atoms with Gasteiger partial charge in [-0.1, -0.05) is 13.3 Å². The molecule has 0 saturated carbocycles. The summed E-state index contributed by atoms with van der Waals surface area (Å²) in [6.45, 7) is 5.90. The molecule has 0 aromatic carbocycles. The second-order valence-corrected chi connectivity index (χ2v) is 1.76. The molecule has 4 heteroatoms. The molecule has 0 spiro atoms. The van der Waals surface area contributed by atoms with Crippen LogP contribution in [0.5, 0.6) is 0 Å². The molecule has 11 heavy (non-hydrogen) atoms. The van der Waals surface area contributed by atoms with Crippen LogP contribution in [0, 0.1) is 6.92 Å². The zero-order valence-corrected chi connectivity index (χ0v) is 11.5. The molecule has 0 unspecified atom stereocenters. The first-order valence-electron chi connectivity index (χ1n) is 3.26. The van der Waals surface area contributed by atoms with Crippen LogP contribution in [0.4, 0.5) is 0 Å². The summed E-state index contributed by atoms with van der Waals surface area (Å²) in [7, 11) is 0.